The molecule has 0 bridgehead atoms. The average molecular weight is 278 g/mol. The molecule has 0 unspecified atom stereocenters. The molecule has 2 heterocycles. The van der Waals surface area contributed by atoms with Gasteiger partial charge in [0.05, 0.1) is 12.8 Å². The van der Waals surface area contributed by atoms with Crippen LogP contribution in [0.4, 0.5) is 0 Å². The topological polar surface area (TPSA) is 28.4 Å². The number of nitrogens with one attached hydrogen (secondary N) is 1. The Bertz CT molecular complexity index is 437. The van der Waals surface area contributed by atoms with Crippen LogP contribution in [-0.4, -0.2) is 24.0 Å². The van der Waals surface area contributed by atoms with Crippen molar-refractivity contribution in [1.82, 2.24) is 10.2 Å². The molecule has 0 fully saturated rings. The molecule has 0 radical (unpaired) electrons. The average Bonchev–Trinajstić information content (AvgIpc) is 3.05. The summed E-state index contributed by atoms with van der Waals surface area (Å²) in [6.07, 6.45) is 1.72. The second-order valence-electron chi connectivity index (χ2n) is 4.90. The van der Waals surface area contributed by atoms with Crippen LogP contribution in [0.15, 0.2) is 40.3 Å². The summed E-state index contributed by atoms with van der Waals surface area (Å²) < 4.78 is 5.30. The zero-order valence-corrected chi connectivity index (χ0v) is 12.5. The van der Waals surface area contributed by atoms with Gasteiger partial charge in [0.25, 0.3) is 0 Å². The van der Waals surface area contributed by atoms with Gasteiger partial charge in [-0.15, -0.1) is 11.3 Å². The molecular formula is C15H22N2OS. The van der Waals surface area contributed by atoms with Crippen molar-refractivity contribution in [2.45, 2.75) is 33.0 Å². The summed E-state index contributed by atoms with van der Waals surface area (Å²) in [5.74, 6) is 0.995. The van der Waals surface area contributed by atoms with Gasteiger partial charge >= 0.3 is 0 Å². The highest BCUT2D eigenvalue weighted by molar-refractivity contribution is 7.09. The van der Waals surface area contributed by atoms with E-state index in [0.29, 0.717) is 6.04 Å². The van der Waals surface area contributed by atoms with E-state index in [-0.39, 0.29) is 0 Å². The highest BCUT2D eigenvalue weighted by Crippen LogP contribution is 2.13. The third-order valence-electron chi connectivity index (χ3n) is 3.12. The maximum atomic E-state index is 5.30. The molecule has 0 aliphatic rings. The Balaban J connectivity index is 1.71. The molecule has 0 saturated heterocycles. The zero-order chi connectivity index (χ0) is 13.5. The third-order valence-corrected chi connectivity index (χ3v) is 3.99. The first-order valence-corrected chi connectivity index (χ1v) is 7.63. The standard InChI is InChI=1S/C15H22N2OS/c1-13(2)17(12-15-6-4-10-19-15)8-7-16-11-14-5-3-9-18-14/h3-6,9-10,13,16H,7-8,11-12H2,1-2H3. The molecule has 19 heavy (non-hydrogen) atoms. The summed E-state index contributed by atoms with van der Waals surface area (Å²) in [6.45, 7) is 8.37. The van der Waals surface area contributed by atoms with Crippen LogP contribution in [0.25, 0.3) is 0 Å². The van der Waals surface area contributed by atoms with Crippen LogP contribution >= 0.6 is 11.3 Å². The lowest BCUT2D eigenvalue weighted by Crippen LogP contribution is -2.36. The first-order valence-electron chi connectivity index (χ1n) is 6.75. The van der Waals surface area contributed by atoms with E-state index in [1.165, 1.54) is 4.88 Å². The Kier molecular flexibility index (Phi) is 5.63. The Morgan fingerprint density at radius 2 is 2.21 bits per heavy atom. The van der Waals surface area contributed by atoms with Gasteiger partial charge < -0.3 is 9.73 Å². The molecule has 4 heteroatoms. The molecule has 0 aliphatic carbocycles. The van der Waals surface area contributed by atoms with Gasteiger partial charge in [-0.2, -0.15) is 0 Å². The van der Waals surface area contributed by atoms with Crippen LogP contribution in [0.3, 0.4) is 0 Å². The highest BCUT2D eigenvalue weighted by atomic mass is 32.1. The quantitative estimate of drug-likeness (QED) is 0.751. The van der Waals surface area contributed by atoms with Crippen molar-refractivity contribution >= 4 is 11.3 Å². The molecule has 104 valence electrons. The lowest BCUT2D eigenvalue weighted by atomic mass is 10.3. The predicted molar refractivity (Wildman–Crippen MR) is 80.3 cm³/mol. The van der Waals surface area contributed by atoms with Crippen molar-refractivity contribution in [2.24, 2.45) is 0 Å². The van der Waals surface area contributed by atoms with Crippen LogP contribution in [0.5, 0.6) is 0 Å². The van der Waals surface area contributed by atoms with E-state index in [0.717, 1.165) is 31.9 Å². The molecule has 2 rings (SSSR count). The maximum absolute atomic E-state index is 5.30. The molecule has 2 aromatic rings. The minimum absolute atomic E-state index is 0.563. The molecule has 1 N–H and O–H groups in total. The van der Waals surface area contributed by atoms with Crippen LogP contribution < -0.4 is 5.32 Å². The van der Waals surface area contributed by atoms with E-state index in [9.17, 15) is 0 Å². The van der Waals surface area contributed by atoms with E-state index in [1.807, 2.05) is 23.5 Å². The van der Waals surface area contributed by atoms with Crippen molar-refractivity contribution in [3.63, 3.8) is 0 Å². The van der Waals surface area contributed by atoms with Crippen molar-refractivity contribution in [1.29, 1.82) is 0 Å². The summed E-state index contributed by atoms with van der Waals surface area (Å²) in [5, 5.41) is 5.56. The maximum Gasteiger partial charge on any atom is 0.117 e. The first kappa shape index (κ1) is 14.3. The van der Waals surface area contributed by atoms with Gasteiger partial charge in [0, 0.05) is 30.6 Å². The molecule has 2 aromatic heterocycles. The smallest absolute Gasteiger partial charge is 0.117 e. The monoisotopic (exact) mass is 278 g/mol. The van der Waals surface area contributed by atoms with E-state index < -0.39 is 0 Å². The van der Waals surface area contributed by atoms with Gasteiger partial charge in [0.1, 0.15) is 5.76 Å². The number of hydrogen-bond donors (Lipinski definition) is 1. The van der Waals surface area contributed by atoms with E-state index >= 15 is 0 Å². The van der Waals surface area contributed by atoms with Crippen LogP contribution in [0.1, 0.15) is 24.5 Å². The van der Waals surface area contributed by atoms with Gasteiger partial charge in [-0.3, -0.25) is 4.90 Å². The Labute approximate surface area is 119 Å². The summed E-state index contributed by atoms with van der Waals surface area (Å²) >= 11 is 1.83. The molecule has 0 aromatic carbocycles. The molecule has 0 spiro atoms. The summed E-state index contributed by atoms with van der Waals surface area (Å²) in [4.78, 5) is 3.92. The number of hydrogen-bond acceptors (Lipinski definition) is 4. The van der Waals surface area contributed by atoms with Crippen molar-refractivity contribution in [3.05, 3.63) is 46.5 Å². The summed E-state index contributed by atoms with van der Waals surface area (Å²) in [6, 6.07) is 8.81. The van der Waals surface area contributed by atoms with Gasteiger partial charge in [0.15, 0.2) is 0 Å². The molecule has 3 nitrogen and oxygen atoms in total. The van der Waals surface area contributed by atoms with Crippen LogP contribution in [-0.2, 0) is 13.1 Å². The van der Waals surface area contributed by atoms with E-state index in [2.05, 4.69) is 41.6 Å². The molecular weight excluding hydrogens is 256 g/mol. The van der Waals surface area contributed by atoms with E-state index in [1.54, 1.807) is 6.26 Å². The number of nitrogens with zero attached hydrogens (tertiary/aromatic N) is 1. The zero-order valence-electron chi connectivity index (χ0n) is 11.6. The normalized spacial score (nSPS) is 11.6. The van der Waals surface area contributed by atoms with Crippen molar-refractivity contribution in [3.8, 4) is 0 Å². The lowest BCUT2D eigenvalue weighted by molar-refractivity contribution is 0.214. The van der Waals surface area contributed by atoms with Crippen molar-refractivity contribution < 1.29 is 4.42 Å². The fraction of sp³-hybridized carbons (Fsp3) is 0.467. The number of rotatable bonds is 8. The minimum Gasteiger partial charge on any atom is -0.468 e. The molecule has 0 aliphatic heterocycles. The second kappa shape index (κ2) is 7.48. The van der Waals surface area contributed by atoms with Crippen LogP contribution in [0.2, 0.25) is 0 Å². The Morgan fingerprint density at radius 1 is 1.32 bits per heavy atom. The van der Waals surface area contributed by atoms with Crippen molar-refractivity contribution in [2.75, 3.05) is 13.1 Å². The second-order valence-corrected chi connectivity index (χ2v) is 5.93. The first-order chi connectivity index (χ1) is 9.25. The van der Waals surface area contributed by atoms with Gasteiger partial charge in [-0.1, -0.05) is 6.07 Å². The summed E-state index contributed by atoms with van der Waals surface area (Å²) in [7, 11) is 0. The van der Waals surface area contributed by atoms with Gasteiger partial charge in [-0.25, -0.2) is 0 Å². The largest absolute Gasteiger partial charge is 0.468 e. The van der Waals surface area contributed by atoms with Gasteiger partial charge in [-0.05, 0) is 37.4 Å². The lowest BCUT2D eigenvalue weighted by Gasteiger charge is -2.25. The van der Waals surface area contributed by atoms with Crippen LogP contribution in [0, 0.1) is 0 Å². The third kappa shape index (κ3) is 4.82. The molecule has 0 amide bonds. The fourth-order valence-corrected chi connectivity index (χ4v) is 2.70. The highest BCUT2D eigenvalue weighted by Gasteiger charge is 2.10. The molecule has 0 atom stereocenters. The predicted octanol–water partition coefficient (Wildman–Crippen LogP) is 3.34. The molecule has 0 saturated carbocycles. The SMILES string of the molecule is CC(C)N(CCNCc1ccco1)Cc1cccs1. The fourth-order valence-electron chi connectivity index (χ4n) is 1.97. The number of thiophene rings is 1. The Hall–Kier alpha value is -1.10. The number of furan rings is 1. The van der Waals surface area contributed by atoms with E-state index in [4.69, 9.17) is 4.42 Å². The van der Waals surface area contributed by atoms with Gasteiger partial charge in [0.2, 0.25) is 0 Å². The minimum atomic E-state index is 0.563. The Morgan fingerprint density at radius 3 is 2.84 bits per heavy atom. The summed E-state index contributed by atoms with van der Waals surface area (Å²) in [5.41, 5.74) is 0.